The lowest BCUT2D eigenvalue weighted by molar-refractivity contribution is -0.121. The summed E-state index contributed by atoms with van der Waals surface area (Å²) in [6.45, 7) is 3.15. The summed E-state index contributed by atoms with van der Waals surface area (Å²) >= 11 is 0. The number of para-hydroxylation sites is 1. The highest BCUT2D eigenvalue weighted by Gasteiger charge is 2.30. The molecule has 0 radical (unpaired) electrons. The minimum atomic E-state index is -0.181. The van der Waals surface area contributed by atoms with E-state index in [1.165, 1.54) is 0 Å². The van der Waals surface area contributed by atoms with Crippen LogP contribution in [0.5, 0.6) is 0 Å². The number of likely N-dealkylation sites (tertiary alicyclic amines) is 1. The number of aromatic nitrogens is 2. The van der Waals surface area contributed by atoms with Crippen molar-refractivity contribution in [2.24, 2.45) is 13.0 Å². The van der Waals surface area contributed by atoms with Crippen LogP contribution in [-0.2, 0) is 18.3 Å². The summed E-state index contributed by atoms with van der Waals surface area (Å²) in [5.41, 5.74) is 2.37. The van der Waals surface area contributed by atoms with E-state index in [9.17, 15) is 9.59 Å². The van der Waals surface area contributed by atoms with Gasteiger partial charge in [0.2, 0.25) is 5.91 Å². The first-order valence-electron chi connectivity index (χ1n) is 8.76. The van der Waals surface area contributed by atoms with E-state index in [2.05, 4.69) is 10.4 Å². The van der Waals surface area contributed by atoms with Crippen LogP contribution >= 0.6 is 0 Å². The van der Waals surface area contributed by atoms with E-state index < -0.39 is 0 Å². The minimum absolute atomic E-state index is 0.0226. The molecule has 6 heteroatoms. The molecule has 1 aliphatic rings. The molecule has 6 nitrogen and oxygen atoms in total. The largest absolute Gasteiger partial charge is 0.338 e. The van der Waals surface area contributed by atoms with Crippen molar-refractivity contribution in [2.45, 2.75) is 26.2 Å². The molecule has 1 fully saturated rings. The Hall–Kier alpha value is -2.63. The lowest BCUT2D eigenvalue weighted by Crippen LogP contribution is -2.44. The van der Waals surface area contributed by atoms with E-state index in [4.69, 9.17) is 0 Å². The van der Waals surface area contributed by atoms with Crippen molar-refractivity contribution in [1.82, 2.24) is 14.7 Å². The predicted molar refractivity (Wildman–Crippen MR) is 96.3 cm³/mol. The van der Waals surface area contributed by atoms with Gasteiger partial charge in [-0.1, -0.05) is 25.1 Å². The van der Waals surface area contributed by atoms with Gasteiger partial charge < -0.3 is 10.2 Å². The van der Waals surface area contributed by atoms with E-state index in [0.29, 0.717) is 18.7 Å². The van der Waals surface area contributed by atoms with Crippen molar-refractivity contribution in [3.8, 4) is 0 Å². The number of hydrogen-bond donors (Lipinski definition) is 1. The van der Waals surface area contributed by atoms with Crippen molar-refractivity contribution in [3.63, 3.8) is 0 Å². The number of carbonyl (C=O) groups excluding carboxylic acids is 2. The maximum atomic E-state index is 12.9. The Morgan fingerprint density at radius 3 is 2.76 bits per heavy atom. The van der Waals surface area contributed by atoms with Crippen LogP contribution in [0.3, 0.4) is 0 Å². The molecule has 0 spiro atoms. The molecule has 1 N–H and O–H groups in total. The van der Waals surface area contributed by atoms with Crippen LogP contribution in [0.1, 0.15) is 35.8 Å². The van der Waals surface area contributed by atoms with Crippen molar-refractivity contribution >= 4 is 17.5 Å². The van der Waals surface area contributed by atoms with E-state index in [1.54, 1.807) is 15.8 Å². The summed E-state index contributed by atoms with van der Waals surface area (Å²) in [6.07, 6.45) is 4.02. The smallest absolute Gasteiger partial charge is 0.257 e. The fourth-order valence-corrected chi connectivity index (χ4v) is 3.37. The molecule has 1 atom stereocenters. The summed E-state index contributed by atoms with van der Waals surface area (Å²) in [6, 6.07) is 9.43. The maximum Gasteiger partial charge on any atom is 0.257 e. The Morgan fingerprint density at radius 1 is 1.28 bits per heavy atom. The molecular weight excluding hydrogens is 316 g/mol. The molecule has 1 aliphatic heterocycles. The number of rotatable bonds is 4. The number of piperidine rings is 1. The molecule has 0 unspecified atom stereocenters. The first-order valence-corrected chi connectivity index (χ1v) is 8.76. The molecule has 3 rings (SSSR count). The highest BCUT2D eigenvalue weighted by molar-refractivity contribution is 5.97. The summed E-state index contributed by atoms with van der Waals surface area (Å²) in [7, 11) is 1.85. The van der Waals surface area contributed by atoms with E-state index in [1.807, 2.05) is 44.3 Å². The van der Waals surface area contributed by atoms with Gasteiger partial charge in [0.1, 0.15) is 0 Å². The number of hydrogen-bond acceptors (Lipinski definition) is 3. The van der Waals surface area contributed by atoms with Crippen LogP contribution in [0.15, 0.2) is 36.5 Å². The van der Waals surface area contributed by atoms with E-state index >= 15 is 0 Å². The molecule has 1 saturated heterocycles. The van der Waals surface area contributed by atoms with Crippen LogP contribution in [0, 0.1) is 5.92 Å². The zero-order valence-corrected chi connectivity index (χ0v) is 14.7. The molecule has 0 aliphatic carbocycles. The highest BCUT2D eigenvalue weighted by atomic mass is 16.2. The van der Waals surface area contributed by atoms with Crippen molar-refractivity contribution in [3.05, 3.63) is 47.8 Å². The molecule has 25 heavy (non-hydrogen) atoms. The fourth-order valence-electron chi connectivity index (χ4n) is 3.37. The van der Waals surface area contributed by atoms with Crippen LogP contribution in [0.4, 0.5) is 5.69 Å². The monoisotopic (exact) mass is 340 g/mol. The van der Waals surface area contributed by atoms with Gasteiger partial charge in [0.25, 0.3) is 5.91 Å². The standard InChI is InChI=1S/C19H24N4O2/c1-3-17-16(12-20-22(17)2)19(25)23-11-7-8-14(13-23)18(24)21-15-9-5-4-6-10-15/h4-6,9-10,12,14H,3,7-8,11,13H2,1-2H3,(H,21,24)/t14-/m1/s1. The molecule has 1 aromatic heterocycles. The molecule has 132 valence electrons. The second kappa shape index (κ2) is 7.51. The first kappa shape index (κ1) is 17.2. The Morgan fingerprint density at radius 2 is 2.04 bits per heavy atom. The van der Waals surface area contributed by atoms with E-state index in [0.717, 1.165) is 30.6 Å². The number of nitrogens with zero attached hydrogens (tertiary/aromatic N) is 3. The van der Waals surface area contributed by atoms with Gasteiger partial charge in [-0.2, -0.15) is 5.10 Å². The fraction of sp³-hybridized carbons (Fsp3) is 0.421. The normalized spacial score (nSPS) is 17.4. The Bertz CT molecular complexity index is 754. The third kappa shape index (κ3) is 3.73. The minimum Gasteiger partial charge on any atom is -0.338 e. The predicted octanol–water partition coefficient (Wildman–Crippen LogP) is 2.47. The molecule has 0 saturated carbocycles. The van der Waals surface area contributed by atoms with Crippen LogP contribution in [0.2, 0.25) is 0 Å². The Labute approximate surface area is 147 Å². The van der Waals surface area contributed by atoms with Gasteiger partial charge in [0.15, 0.2) is 0 Å². The Balaban J connectivity index is 1.68. The number of anilines is 1. The number of nitrogens with one attached hydrogen (secondary N) is 1. The molecule has 1 aromatic carbocycles. The lowest BCUT2D eigenvalue weighted by atomic mass is 9.96. The van der Waals surface area contributed by atoms with Crippen LogP contribution in [0.25, 0.3) is 0 Å². The van der Waals surface area contributed by atoms with Crippen molar-refractivity contribution in [2.75, 3.05) is 18.4 Å². The van der Waals surface area contributed by atoms with Gasteiger partial charge in [-0.05, 0) is 31.4 Å². The summed E-state index contributed by atoms with van der Waals surface area (Å²) in [5, 5.41) is 7.15. The zero-order chi connectivity index (χ0) is 17.8. The van der Waals surface area contributed by atoms with E-state index in [-0.39, 0.29) is 17.7 Å². The second-order valence-corrected chi connectivity index (χ2v) is 6.43. The van der Waals surface area contributed by atoms with Crippen molar-refractivity contribution < 1.29 is 9.59 Å². The molecular formula is C19H24N4O2. The lowest BCUT2D eigenvalue weighted by Gasteiger charge is -2.32. The maximum absolute atomic E-state index is 12.9. The van der Waals surface area contributed by atoms with Gasteiger partial charge in [0, 0.05) is 25.8 Å². The summed E-state index contributed by atoms with van der Waals surface area (Å²) in [5.74, 6) is -0.229. The second-order valence-electron chi connectivity index (χ2n) is 6.43. The highest BCUT2D eigenvalue weighted by Crippen LogP contribution is 2.21. The summed E-state index contributed by atoms with van der Waals surface area (Å²) < 4.78 is 1.75. The van der Waals surface area contributed by atoms with Gasteiger partial charge in [0.05, 0.1) is 23.4 Å². The van der Waals surface area contributed by atoms with Crippen molar-refractivity contribution in [1.29, 1.82) is 0 Å². The SMILES string of the molecule is CCc1c(C(=O)N2CCC[C@@H](C(=O)Nc3ccccc3)C2)cnn1C. The van der Waals surface area contributed by atoms with Gasteiger partial charge in [-0.15, -0.1) is 0 Å². The number of amides is 2. The number of aryl methyl sites for hydroxylation is 1. The molecule has 2 amide bonds. The topological polar surface area (TPSA) is 67.2 Å². The third-order valence-corrected chi connectivity index (χ3v) is 4.75. The van der Waals surface area contributed by atoms with Gasteiger partial charge in [-0.25, -0.2) is 0 Å². The first-order chi connectivity index (χ1) is 12.1. The molecule has 2 aromatic rings. The average Bonchev–Trinajstić information content (AvgIpc) is 3.02. The molecule has 2 heterocycles. The van der Waals surface area contributed by atoms with Gasteiger partial charge in [-0.3, -0.25) is 14.3 Å². The average molecular weight is 340 g/mol. The van der Waals surface area contributed by atoms with Crippen LogP contribution in [-0.4, -0.2) is 39.6 Å². The Kier molecular flexibility index (Phi) is 5.16. The zero-order valence-electron chi connectivity index (χ0n) is 14.7. The number of benzene rings is 1. The summed E-state index contributed by atoms with van der Waals surface area (Å²) in [4.78, 5) is 27.2. The number of carbonyl (C=O) groups is 2. The van der Waals surface area contributed by atoms with Crippen LogP contribution < -0.4 is 5.32 Å². The quantitative estimate of drug-likeness (QED) is 0.930. The molecule has 0 bridgehead atoms. The van der Waals surface area contributed by atoms with Gasteiger partial charge >= 0.3 is 0 Å². The third-order valence-electron chi connectivity index (χ3n) is 4.75.